The smallest absolute Gasteiger partial charge is 0.194 e. The fourth-order valence-corrected chi connectivity index (χ4v) is 4.64. The number of halogens is 1. The minimum absolute atomic E-state index is 0. The van der Waals surface area contributed by atoms with Crippen molar-refractivity contribution in [2.75, 3.05) is 53.0 Å². The molecule has 2 aliphatic rings. The third-order valence-electron chi connectivity index (χ3n) is 6.32. The van der Waals surface area contributed by atoms with E-state index in [4.69, 9.17) is 14.1 Å². The van der Waals surface area contributed by atoms with E-state index in [0.717, 1.165) is 70.7 Å². The van der Waals surface area contributed by atoms with Crippen molar-refractivity contribution in [1.82, 2.24) is 20.0 Å². The highest BCUT2D eigenvalue weighted by Crippen LogP contribution is 2.18. The Hall–Kier alpha value is -1.62. The van der Waals surface area contributed by atoms with E-state index in [-0.39, 0.29) is 24.0 Å². The van der Waals surface area contributed by atoms with Crippen molar-refractivity contribution in [1.29, 1.82) is 0 Å². The molecule has 1 N–H and O–H groups in total. The molecular formula is C25H38IN5O2. The van der Waals surface area contributed by atoms with E-state index in [0.29, 0.717) is 12.6 Å². The summed E-state index contributed by atoms with van der Waals surface area (Å²) in [6.07, 6.45) is 2.93. The highest BCUT2D eigenvalue weighted by molar-refractivity contribution is 14.0. The molecule has 0 aliphatic carbocycles. The molecule has 2 aromatic rings. The van der Waals surface area contributed by atoms with Crippen molar-refractivity contribution in [2.45, 2.75) is 39.0 Å². The van der Waals surface area contributed by atoms with Crippen LogP contribution in [0.25, 0.3) is 0 Å². The number of nitrogens with one attached hydrogen (secondary N) is 1. The summed E-state index contributed by atoms with van der Waals surface area (Å²) >= 11 is 0. The van der Waals surface area contributed by atoms with Gasteiger partial charge in [-0.15, -0.1) is 24.0 Å². The number of hydrogen-bond donors (Lipinski definition) is 1. The van der Waals surface area contributed by atoms with Gasteiger partial charge < -0.3 is 19.4 Å². The predicted octanol–water partition coefficient (Wildman–Crippen LogP) is 3.40. The summed E-state index contributed by atoms with van der Waals surface area (Å²) in [6, 6.07) is 13.2. The van der Waals surface area contributed by atoms with Crippen LogP contribution >= 0.6 is 24.0 Å². The van der Waals surface area contributed by atoms with Crippen molar-refractivity contribution >= 4 is 29.9 Å². The second kappa shape index (κ2) is 13.3. The summed E-state index contributed by atoms with van der Waals surface area (Å²) in [7, 11) is 2.13. The number of guanidine groups is 1. The van der Waals surface area contributed by atoms with Gasteiger partial charge in [0.05, 0.1) is 32.6 Å². The number of nitrogens with zero attached hydrogens (tertiary/aromatic N) is 4. The third-order valence-corrected chi connectivity index (χ3v) is 6.32. The van der Waals surface area contributed by atoms with Gasteiger partial charge in [-0.1, -0.05) is 24.3 Å². The Balaban J connectivity index is 0.00000306. The van der Waals surface area contributed by atoms with Gasteiger partial charge in [-0.25, -0.2) is 4.99 Å². The van der Waals surface area contributed by atoms with Gasteiger partial charge in [0.25, 0.3) is 0 Å². The molecule has 182 valence electrons. The van der Waals surface area contributed by atoms with Crippen LogP contribution in [-0.2, 0) is 24.4 Å². The largest absolute Gasteiger partial charge is 0.468 e. The van der Waals surface area contributed by atoms with Crippen LogP contribution in [0.2, 0.25) is 0 Å². The normalized spacial score (nSPS) is 19.7. The van der Waals surface area contributed by atoms with Crippen LogP contribution < -0.4 is 5.32 Å². The Morgan fingerprint density at radius 3 is 2.61 bits per heavy atom. The molecule has 0 spiro atoms. The van der Waals surface area contributed by atoms with Crippen LogP contribution in [0.4, 0.5) is 0 Å². The van der Waals surface area contributed by atoms with Crippen LogP contribution in [0.5, 0.6) is 0 Å². The molecular weight excluding hydrogens is 529 g/mol. The Morgan fingerprint density at radius 2 is 1.88 bits per heavy atom. The molecule has 1 aromatic carbocycles. The average molecular weight is 568 g/mol. The minimum Gasteiger partial charge on any atom is -0.468 e. The van der Waals surface area contributed by atoms with Crippen molar-refractivity contribution in [3.8, 4) is 0 Å². The zero-order chi connectivity index (χ0) is 22.2. The molecule has 33 heavy (non-hydrogen) atoms. The van der Waals surface area contributed by atoms with E-state index >= 15 is 0 Å². The Labute approximate surface area is 215 Å². The van der Waals surface area contributed by atoms with Gasteiger partial charge >= 0.3 is 0 Å². The zero-order valence-corrected chi connectivity index (χ0v) is 22.2. The van der Waals surface area contributed by atoms with Gasteiger partial charge in [-0.3, -0.25) is 9.80 Å². The lowest BCUT2D eigenvalue weighted by Crippen LogP contribution is -2.46. The number of hydrogen-bond acceptors (Lipinski definition) is 5. The molecule has 8 heteroatoms. The highest BCUT2D eigenvalue weighted by Gasteiger charge is 2.30. The summed E-state index contributed by atoms with van der Waals surface area (Å²) in [5.74, 6) is 2.02. The molecule has 0 bridgehead atoms. The standard InChI is InChI=1S/C25H37N5O2.HI/c1-3-26-25(30-11-10-23(19-30)29-12-15-31-16-13-29)27-17-21-7-4-5-8-22(21)18-28(2)20-24-9-6-14-32-24;/h4-9,14,23H,3,10-13,15-20H2,1-2H3,(H,26,27);1H. The van der Waals surface area contributed by atoms with E-state index in [1.807, 2.05) is 12.1 Å². The molecule has 2 saturated heterocycles. The molecule has 1 unspecified atom stereocenters. The van der Waals surface area contributed by atoms with Gasteiger partial charge in [0.1, 0.15) is 5.76 Å². The molecule has 0 radical (unpaired) electrons. The summed E-state index contributed by atoms with van der Waals surface area (Å²) in [5, 5.41) is 3.52. The number of morpholine rings is 1. The first-order valence-corrected chi connectivity index (χ1v) is 11.9. The number of furan rings is 1. The van der Waals surface area contributed by atoms with Gasteiger partial charge in [0.15, 0.2) is 5.96 Å². The third kappa shape index (κ3) is 7.43. The molecule has 0 amide bonds. The SMILES string of the molecule is CCNC(=NCc1ccccc1CN(C)Cc1ccco1)N1CCC(N2CCOCC2)C1.I. The summed E-state index contributed by atoms with van der Waals surface area (Å²) in [5.41, 5.74) is 2.59. The molecule has 1 aromatic heterocycles. The van der Waals surface area contributed by atoms with Gasteiger partial charge in [0, 0.05) is 45.3 Å². The number of ether oxygens (including phenoxy) is 1. The van der Waals surface area contributed by atoms with E-state index in [9.17, 15) is 0 Å². The monoisotopic (exact) mass is 567 g/mol. The number of rotatable bonds is 8. The molecule has 0 saturated carbocycles. The topological polar surface area (TPSA) is 56.5 Å². The number of likely N-dealkylation sites (tertiary alicyclic amines) is 1. The molecule has 3 heterocycles. The molecule has 4 rings (SSSR count). The Morgan fingerprint density at radius 1 is 1.09 bits per heavy atom. The van der Waals surface area contributed by atoms with E-state index < -0.39 is 0 Å². The Kier molecular flexibility index (Phi) is 10.5. The predicted molar refractivity (Wildman–Crippen MR) is 143 cm³/mol. The van der Waals surface area contributed by atoms with Crippen LogP contribution in [-0.4, -0.2) is 79.7 Å². The lowest BCUT2D eigenvalue weighted by molar-refractivity contribution is 0.0195. The summed E-state index contributed by atoms with van der Waals surface area (Å²) < 4.78 is 11.0. The Bertz CT molecular complexity index is 854. The lowest BCUT2D eigenvalue weighted by atomic mass is 10.1. The minimum atomic E-state index is 0. The van der Waals surface area contributed by atoms with Crippen LogP contribution in [0.1, 0.15) is 30.2 Å². The van der Waals surface area contributed by atoms with Crippen LogP contribution in [0.15, 0.2) is 52.1 Å². The quantitative estimate of drug-likeness (QED) is 0.300. The maximum absolute atomic E-state index is 5.53. The van der Waals surface area contributed by atoms with Gasteiger partial charge in [0.2, 0.25) is 0 Å². The average Bonchev–Trinajstić information content (AvgIpc) is 3.50. The molecule has 7 nitrogen and oxygen atoms in total. The first-order valence-electron chi connectivity index (χ1n) is 11.9. The van der Waals surface area contributed by atoms with Gasteiger partial charge in [-0.05, 0) is 43.7 Å². The molecule has 2 fully saturated rings. The van der Waals surface area contributed by atoms with Crippen molar-refractivity contribution < 1.29 is 9.15 Å². The number of benzene rings is 1. The maximum Gasteiger partial charge on any atom is 0.194 e. The summed E-state index contributed by atoms with van der Waals surface area (Å²) in [6.45, 7) is 11.3. The van der Waals surface area contributed by atoms with Crippen LogP contribution in [0, 0.1) is 0 Å². The van der Waals surface area contributed by atoms with E-state index in [1.54, 1.807) is 6.26 Å². The fraction of sp³-hybridized carbons (Fsp3) is 0.560. The molecule has 2 aliphatic heterocycles. The van der Waals surface area contributed by atoms with Crippen LogP contribution in [0.3, 0.4) is 0 Å². The van der Waals surface area contributed by atoms with Crippen molar-refractivity contribution in [2.24, 2.45) is 4.99 Å². The number of aliphatic imine (C=N–C) groups is 1. The second-order valence-electron chi connectivity index (χ2n) is 8.73. The lowest BCUT2D eigenvalue weighted by Gasteiger charge is -2.32. The summed E-state index contributed by atoms with van der Waals surface area (Å²) in [4.78, 5) is 12.3. The van der Waals surface area contributed by atoms with E-state index in [2.05, 4.69) is 58.3 Å². The zero-order valence-electron chi connectivity index (χ0n) is 19.9. The first-order chi connectivity index (χ1) is 15.7. The van der Waals surface area contributed by atoms with Gasteiger partial charge in [-0.2, -0.15) is 0 Å². The van der Waals surface area contributed by atoms with E-state index in [1.165, 1.54) is 17.5 Å². The maximum atomic E-state index is 5.53. The first kappa shape index (κ1) is 26.0. The molecule has 1 atom stereocenters. The fourth-order valence-electron chi connectivity index (χ4n) is 4.64. The van der Waals surface area contributed by atoms with Crippen molar-refractivity contribution in [3.63, 3.8) is 0 Å². The second-order valence-corrected chi connectivity index (χ2v) is 8.73. The van der Waals surface area contributed by atoms with Crippen molar-refractivity contribution in [3.05, 3.63) is 59.5 Å². The highest BCUT2D eigenvalue weighted by atomic mass is 127.